The number of hydrogen-bond acceptors (Lipinski definition) is 2. The van der Waals surface area contributed by atoms with Crippen molar-refractivity contribution >= 4 is 101 Å². The molecular formula is C86H60N2. The van der Waals surface area contributed by atoms with Crippen molar-refractivity contribution in [3.8, 4) is 22.3 Å². The van der Waals surface area contributed by atoms with E-state index in [0.717, 1.165) is 78.7 Å². The van der Waals surface area contributed by atoms with Gasteiger partial charge in [-0.1, -0.05) is 291 Å². The summed E-state index contributed by atoms with van der Waals surface area (Å²) in [4.78, 5) is 4.72. The molecule has 0 radical (unpaired) electrons. The van der Waals surface area contributed by atoms with Crippen molar-refractivity contribution in [1.29, 1.82) is 0 Å². The number of fused-ring (bicyclic) bond motifs is 4. The van der Waals surface area contributed by atoms with E-state index in [1.807, 2.05) is 0 Å². The molecule has 0 unspecified atom stereocenters. The van der Waals surface area contributed by atoms with Gasteiger partial charge in [-0.15, -0.1) is 0 Å². The molecule has 0 saturated carbocycles. The van der Waals surface area contributed by atoms with Gasteiger partial charge in [0.15, 0.2) is 0 Å². The first-order valence-corrected chi connectivity index (χ1v) is 30.2. The Morgan fingerprint density at radius 2 is 0.477 bits per heavy atom. The van der Waals surface area contributed by atoms with E-state index in [4.69, 9.17) is 0 Å². The zero-order valence-electron chi connectivity index (χ0n) is 48.5. The van der Waals surface area contributed by atoms with Gasteiger partial charge in [0.2, 0.25) is 0 Å². The number of nitrogens with zero attached hydrogens (tertiary/aromatic N) is 2. The van der Waals surface area contributed by atoms with Crippen LogP contribution in [-0.2, 0) is 0 Å². The molecular weight excluding hydrogens is 1060 g/mol. The van der Waals surface area contributed by atoms with Crippen molar-refractivity contribution in [2.75, 3.05) is 9.80 Å². The number of para-hydroxylation sites is 2. The maximum Gasteiger partial charge on any atom is 0.0540 e. The van der Waals surface area contributed by atoms with Crippen molar-refractivity contribution in [3.05, 3.63) is 385 Å². The highest BCUT2D eigenvalue weighted by Gasteiger charge is 2.20. The van der Waals surface area contributed by atoms with Gasteiger partial charge in [0.25, 0.3) is 0 Å². The fourth-order valence-electron chi connectivity index (χ4n) is 12.9. The Morgan fingerprint density at radius 3 is 0.830 bits per heavy atom. The van der Waals surface area contributed by atoms with Crippen LogP contribution in [0.1, 0.15) is 33.4 Å². The molecule has 0 aliphatic carbocycles. The normalized spacial score (nSPS) is 11.8. The summed E-state index contributed by atoms with van der Waals surface area (Å²) in [5, 5.41) is 9.73. The molecule has 2 heteroatoms. The van der Waals surface area contributed by atoms with E-state index in [1.165, 1.54) is 65.3 Å². The van der Waals surface area contributed by atoms with Gasteiger partial charge in [-0.3, -0.25) is 0 Å². The maximum atomic E-state index is 2.36. The number of benzene rings is 15. The van der Waals surface area contributed by atoms with Gasteiger partial charge < -0.3 is 9.80 Å². The Kier molecular flexibility index (Phi) is 14.4. The molecule has 0 saturated heterocycles. The van der Waals surface area contributed by atoms with Crippen LogP contribution in [0.5, 0.6) is 0 Å². The molecule has 15 rings (SSSR count). The molecule has 0 N–H and O–H groups in total. The second-order valence-electron chi connectivity index (χ2n) is 22.4. The third-order valence-electron chi connectivity index (χ3n) is 17.0. The molecule has 0 amide bonds. The van der Waals surface area contributed by atoms with Crippen LogP contribution in [0, 0.1) is 0 Å². The predicted octanol–water partition coefficient (Wildman–Crippen LogP) is 23.8. The highest BCUT2D eigenvalue weighted by Crippen LogP contribution is 2.46. The summed E-state index contributed by atoms with van der Waals surface area (Å²) >= 11 is 0. The van der Waals surface area contributed by atoms with Crippen LogP contribution >= 0.6 is 0 Å². The molecule has 0 aliphatic heterocycles. The number of hydrogen-bond donors (Lipinski definition) is 0. The van der Waals surface area contributed by atoms with Crippen LogP contribution in [0.2, 0.25) is 0 Å². The highest BCUT2D eigenvalue weighted by atomic mass is 15.1. The topological polar surface area (TPSA) is 6.48 Å². The Labute approximate surface area is 514 Å². The average Bonchev–Trinajstić information content (AvgIpc) is 1.32. The lowest BCUT2D eigenvalue weighted by Crippen LogP contribution is -2.10. The Bertz CT molecular complexity index is 4630. The van der Waals surface area contributed by atoms with E-state index >= 15 is 0 Å². The third-order valence-corrected chi connectivity index (χ3v) is 17.0. The van der Waals surface area contributed by atoms with E-state index in [-0.39, 0.29) is 0 Å². The molecule has 0 atom stereocenters. The number of rotatable bonds is 14. The molecule has 15 aromatic carbocycles. The van der Waals surface area contributed by atoms with Crippen molar-refractivity contribution in [2.45, 2.75) is 0 Å². The zero-order chi connectivity index (χ0) is 58.6. The van der Waals surface area contributed by atoms with E-state index in [1.54, 1.807) is 0 Å². The minimum absolute atomic E-state index is 1.10. The highest BCUT2D eigenvalue weighted by molar-refractivity contribution is 6.21. The van der Waals surface area contributed by atoms with E-state index in [2.05, 4.69) is 374 Å². The molecule has 414 valence electrons. The van der Waals surface area contributed by atoms with Crippen LogP contribution in [0.25, 0.3) is 88.6 Å². The first kappa shape index (κ1) is 53.2. The van der Waals surface area contributed by atoms with Crippen LogP contribution in [0.4, 0.5) is 34.1 Å². The van der Waals surface area contributed by atoms with Crippen LogP contribution < -0.4 is 9.80 Å². The fraction of sp³-hybridized carbons (Fsp3) is 0. The van der Waals surface area contributed by atoms with Crippen molar-refractivity contribution in [3.63, 3.8) is 0 Å². The van der Waals surface area contributed by atoms with Gasteiger partial charge in [-0.2, -0.15) is 0 Å². The lowest BCUT2D eigenvalue weighted by atomic mass is 9.85. The first-order valence-electron chi connectivity index (χ1n) is 30.2. The van der Waals surface area contributed by atoms with Gasteiger partial charge in [0.05, 0.1) is 11.4 Å². The zero-order valence-corrected chi connectivity index (χ0v) is 48.5. The minimum Gasteiger partial charge on any atom is -0.310 e. The largest absolute Gasteiger partial charge is 0.310 e. The van der Waals surface area contributed by atoms with E-state index in [0.29, 0.717) is 0 Å². The quantitative estimate of drug-likeness (QED) is 0.0791. The summed E-state index contributed by atoms with van der Waals surface area (Å²) in [5.74, 6) is 0. The lowest BCUT2D eigenvalue weighted by molar-refractivity contribution is 1.30. The first-order chi connectivity index (χ1) is 43.7. The summed E-state index contributed by atoms with van der Waals surface area (Å²) in [6.45, 7) is 0. The Morgan fingerprint density at radius 1 is 0.205 bits per heavy atom. The molecule has 0 bridgehead atoms. The second-order valence-corrected chi connectivity index (χ2v) is 22.4. The number of anilines is 6. The average molecular weight is 1120 g/mol. The SMILES string of the molecule is C(=C(/c1ccccc1)c1ccc(-c2c3ccccc3c(-c3ccc(/C(=C/c4ccc(N(c5ccccc5)c5cccc6ccccc56)cc4)c4ccccc4)cc3)c3ccccc23)cc1)/c1ccc(N(c2ccccc2)c2cccc3ccccc23)cc1. The monoisotopic (exact) mass is 1120 g/mol. The van der Waals surface area contributed by atoms with Crippen LogP contribution in [0.15, 0.2) is 352 Å². The van der Waals surface area contributed by atoms with Crippen LogP contribution in [-0.4, -0.2) is 0 Å². The van der Waals surface area contributed by atoms with Crippen molar-refractivity contribution in [1.82, 2.24) is 0 Å². The standard InChI is InChI=1S/C86H60N2/c1-5-23-65(24-6-1)81(59-61-43-55-73(56-44-61)87(71-31-9-3-10-32-71)83-41-21-29-63-27-13-15-35-75(63)83)67-47-51-69(52-48-67)85-77-37-17-19-39-79(77)86(80-40-20-18-38-78(80)85)70-53-49-68(50-54-70)82(66-25-7-2-8-26-66)60-62-45-57-74(58-46-62)88(72-33-11-4-12-34-72)84-42-22-30-64-28-14-16-36-76(64)84/h1-60H/b81-59+,82-60+. The Balaban J connectivity index is 0.763. The van der Waals surface area contributed by atoms with Crippen molar-refractivity contribution < 1.29 is 0 Å². The minimum atomic E-state index is 1.10. The molecule has 0 heterocycles. The van der Waals surface area contributed by atoms with Gasteiger partial charge >= 0.3 is 0 Å². The molecule has 0 aromatic heterocycles. The molecule has 88 heavy (non-hydrogen) atoms. The molecule has 0 spiro atoms. The van der Waals surface area contributed by atoms with Crippen LogP contribution in [0.3, 0.4) is 0 Å². The molecule has 2 nitrogen and oxygen atoms in total. The summed E-state index contributed by atoms with van der Waals surface area (Å²) in [6, 6.07) is 127. The summed E-state index contributed by atoms with van der Waals surface area (Å²) < 4.78 is 0. The van der Waals surface area contributed by atoms with Crippen molar-refractivity contribution in [2.24, 2.45) is 0 Å². The van der Waals surface area contributed by atoms with E-state index in [9.17, 15) is 0 Å². The fourth-order valence-corrected chi connectivity index (χ4v) is 12.9. The van der Waals surface area contributed by atoms with Gasteiger partial charge in [-0.25, -0.2) is 0 Å². The van der Waals surface area contributed by atoms with E-state index < -0.39 is 0 Å². The van der Waals surface area contributed by atoms with Gasteiger partial charge in [0.1, 0.15) is 0 Å². The predicted molar refractivity (Wildman–Crippen MR) is 376 cm³/mol. The summed E-state index contributed by atoms with van der Waals surface area (Å²) in [5.41, 5.74) is 20.7. The molecule has 0 aliphatic rings. The summed E-state index contributed by atoms with van der Waals surface area (Å²) in [6.07, 6.45) is 4.65. The smallest absolute Gasteiger partial charge is 0.0540 e. The molecule has 15 aromatic rings. The summed E-state index contributed by atoms with van der Waals surface area (Å²) in [7, 11) is 0. The second kappa shape index (κ2) is 23.8. The van der Waals surface area contributed by atoms with Gasteiger partial charge in [0, 0.05) is 33.5 Å². The lowest BCUT2D eigenvalue weighted by Gasteiger charge is -2.27. The maximum absolute atomic E-state index is 2.36. The third kappa shape index (κ3) is 10.4. The van der Waals surface area contributed by atoms with Gasteiger partial charge in [-0.05, 0) is 172 Å². The Hall–Kier alpha value is -11.6. The molecule has 0 fully saturated rings.